The van der Waals surface area contributed by atoms with Crippen LogP contribution in [0.2, 0.25) is 0 Å². The number of anilines is 1. The van der Waals surface area contributed by atoms with Gasteiger partial charge in [0.2, 0.25) is 0 Å². The average molecular weight is 393 g/mol. The van der Waals surface area contributed by atoms with Gasteiger partial charge in [-0.15, -0.1) is 0 Å². The maximum atomic E-state index is 13.0. The Kier molecular flexibility index (Phi) is 4.07. The Hall–Kier alpha value is -3.82. The van der Waals surface area contributed by atoms with E-state index in [4.69, 9.17) is 0 Å². The molecule has 4 aromatic heterocycles. The standard InChI is InChI=1S/C19H19N7O3/c1-9-6-12(14-10(2)23-26(5)16(14)21-9)17(27)22-11-7-13-15(20-8-11)24(3)19(29)25(4)18(13)28/h6-8H,1-5H3,(H,22,27). The van der Waals surface area contributed by atoms with E-state index < -0.39 is 11.2 Å². The molecule has 0 aliphatic heterocycles. The summed E-state index contributed by atoms with van der Waals surface area (Å²) in [5, 5.41) is 8.04. The van der Waals surface area contributed by atoms with Gasteiger partial charge in [0.25, 0.3) is 11.5 Å². The summed E-state index contributed by atoms with van der Waals surface area (Å²) in [5.41, 5.74) is 2.10. The number of amides is 1. The second kappa shape index (κ2) is 6.36. The first kappa shape index (κ1) is 18.5. The second-order valence-corrected chi connectivity index (χ2v) is 6.97. The van der Waals surface area contributed by atoms with Crippen molar-refractivity contribution < 1.29 is 4.79 Å². The van der Waals surface area contributed by atoms with Gasteiger partial charge in [0.15, 0.2) is 5.65 Å². The van der Waals surface area contributed by atoms with Crippen LogP contribution in [-0.2, 0) is 21.1 Å². The van der Waals surface area contributed by atoms with E-state index in [0.29, 0.717) is 33.7 Å². The van der Waals surface area contributed by atoms with Gasteiger partial charge in [-0.25, -0.2) is 14.8 Å². The van der Waals surface area contributed by atoms with Gasteiger partial charge in [-0.2, -0.15) is 5.10 Å². The van der Waals surface area contributed by atoms with E-state index in [9.17, 15) is 14.4 Å². The van der Waals surface area contributed by atoms with Gasteiger partial charge in [-0.05, 0) is 26.0 Å². The molecule has 148 valence electrons. The van der Waals surface area contributed by atoms with Gasteiger partial charge < -0.3 is 5.32 Å². The molecule has 1 N–H and O–H groups in total. The quantitative estimate of drug-likeness (QED) is 0.538. The summed E-state index contributed by atoms with van der Waals surface area (Å²) in [6, 6.07) is 3.22. The van der Waals surface area contributed by atoms with Gasteiger partial charge in [0.1, 0.15) is 5.65 Å². The van der Waals surface area contributed by atoms with Crippen LogP contribution in [0.15, 0.2) is 27.9 Å². The topological polar surface area (TPSA) is 117 Å². The molecule has 0 saturated carbocycles. The number of carbonyl (C=O) groups is 1. The zero-order valence-electron chi connectivity index (χ0n) is 16.6. The summed E-state index contributed by atoms with van der Waals surface area (Å²) in [5.74, 6) is -0.362. The molecule has 0 unspecified atom stereocenters. The minimum atomic E-state index is -0.475. The zero-order chi connectivity index (χ0) is 21.0. The lowest BCUT2D eigenvalue weighted by molar-refractivity contribution is 0.102. The van der Waals surface area contributed by atoms with Crippen LogP contribution in [0.3, 0.4) is 0 Å². The highest BCUT2D eigenvalue weighted by molar-refractivity contribution is 6.12. The monoisotopic (exact) mass is 393 g/mol. The van der Waals surface area contributed by atoms with Crippen molar-refractivity contribution in [3.05, 3.63) is 56.1 Å². The fourth-order valence-electron chi connectivity index (χ4n) is 3.48. The fraction of sp³-hybridized carbons (Fsp3) is 0.263. The Morgan fingerprint density at radius 2 is 1.76 bits per heavy atom. The third-order valence-electron chi connectivity index (χ3n) is 4.89. The van der Waals surface area contributed by atoms with Gasteiger partial charge >= 0.3 is 5.69 Å². The molecule has 0 atom stereocenters. The molecule has 10 nitrogen and oxygen atoms in total. The smallest absolute Gasteiger partial charge is 0.321 e. The fourth-order valence-corrected chi connectivity index (χ4v) is 3.48. The summed E-state index contributed by atoms with van der Waals surface area (Å²) in [6.45, 7) is 3.62. The third kappa shape index (κ3) is 2.80. The molecule has 0 radical (unpaired) electrons. The van der Waals surface area contributed by atoms with Crippen molar-refractivity contribution in [2.45, 2.75) is 13.8 Å². The Morgan fingerprint density at radius 3 is 2.48 bits per heavy atom. The van der Waals surface area contributed by atoms with Gasteiger partial charge in [0.05, 0.1) is 33.9 Å². The highest BCUT2D eigenvalue weighted by Gasteiger charge is 2.18. The molecular formula is C19H19N7O3. The average Bonchev–Trinajstić information content (AvgIpc) is 2.97. The minimum absolute atomic E-state index is 0.237. The van der Waals surface area contributed by atoms with Crippen molar-refractivity contribution in [3.8, 4) is 0 Å². The lowest BCUT2D eigenvalue weighted by atomic mass is 10.1. The molecule has 0 aliphatic carbocycles. The van der Waals surface area contributed by atoms with Crippen LogP contribution in [0, 0.1) is 13.8 Å². The van der Waals surface area contributed by atoms with E-state index in [2.05, 4.69) is 20.4 Å². The molecule has 0 bridgehead atoms. The summed E-state index contributed by atoms with van der Waals surface area (Å²) < 4.78 is 3.93. The van der Waals surface area contributed by atoms with Crippen LogP contribution in [-0.4, -0.2) is 34.8 Å². The largest absolute Gasteiger partial charge is 0.332 e. The molecule has 29 heavy (non-hydrogen) atoms. The van der Waals surface area contributed by atoms with Crippen LogP contribution in [0.1, 0.15) is 21.7 Å². The molecule has 0 spiro atoms. The molecule has 4 rings (SSSR count). The van der Waals surface area contributed by atoms with Crippen LogP contribution in [0.5, 0.6) is 0 Å². The minimum Gasteiger partial charge on any atom is -0.321 e. The number of nitrogens with zero attached hydrogens (tertiary/aromatic N) is 6. The zero-order valence-corrected chi connectivity index (χ0v) is 16.6. The van der Waals surface area contributed by atoms with E-state index in [1.54, 1.807) is 24.7 Å². The predicted molar refractivity (Wildman–Crippen MR) is 108 cm³/mol. The molecule has 0 saturated heterocycles. The molecular weight excluding hydrogens is 374 g/mol. The first-order chi connectivity index (χ1) is 13.7. The number of carbonyl (C=O) groups excluding carboxylic acids is 1. The van der Waals surface area contributed by atoms with E-state index in [0.717, 1.165) is 4.57 Å². The molecule has 10 heteroatoms. The highest BCUT2D eigenvalue weighted by Crippen LogP contribution is 2.23. The van der Waals surface area contributed by atoms with Gasteiger partial charge in [-0.3, -0.25) is 23.4 Å². The summed E-state index contributed by atoms with van der Waals surface area (Å²) >= 11 is 0. The van der Waals surface area contributed by atoms with E-state index in [1.165, 1.54) is 30.9 Å². The van der Waals surface area contributed by atoms with Crippen molar-refractivity contribution in [2.24, 2.45) is 21.1 Å². The normalized spacial score (nSPS) is 11.3. The molecule has 4 aromatic rings. The van der Waals surface area contributed by atoms with Crippen LogP contribution in [0.25, 0.3) is 22.1 Å². The van der Waals surface area contributed by atoms with Gasteiger partial charge in [-0.1, -0.05) is 0 Å². The highest BCUT2D eigenvalue weighted by atomic mass is 16.2. The Morgan fingerprint density at radius 1 is 1.03 bits per heavy atom. The molecule has 4 heterocycles. The van der Waals surface area contributed by atoms with Crippen molar-refractivity contribution in [3.63, 3.8) is 0 Å². The Balaban J connectivity index is 1.82. The van der Waals surface area contributed by atoms with Crippen LogP contribution >= 0.6 is 0 Å². The maximum Gasteiger partial charge on any atom is 0.332 e. The van der Waals surface area contributed by atoms with Crippen molar-refractivity contribution in [1.29, 1.82) is 0 Å². The number of nitrogens with one attached hydrogen (secondary N) is 1. The number of aromatic nitrogens is 6. The van der Waals surface area contributed by atoms with E-state index >= 15 is 0 Å². The number of aryl methyl sites for hydroxylation is 4. The van der Waals surface area contributed by atoms with Crippen molar-refractivity contribution in [2.75, 3.05) is 5.32 Å². The van der Waals surface area contributed by atoms with Crippen molar-refractivity contribution >= 4 is 33.7 Å². The molecule has 0 aromatic carbocycles. The summed E-state index contributed by atoms with van der Waals surface area (Å²) in [4.78, 5) is 46.2. The summed E-state index contributed by atoms with van der Waals surface area (Å²) in [7, 11) is 4.71. The number of pyridine rings is 2. The van der Waals surface area contributed by atoms with Crippen molar-refractivity contribution in [1.82, 2.24) is 28.9 Å². The van der Waals surface area contributed by atoms with Gasteiger partial charge in [0, 0.05) is 26.8 Å². The van der Waals surface area contributed by atoms with Crippen LogP contribution < -0.4 is 16.6 Å². The Labute approximate surface area is 164 Å². The summed E-state index contributed by atoms with van der Waals surface area (Å²) in [6.07, 6.45) is 1.42. The number of rotatable bonds is 2. The molecule has 1 amide bonds. The predicted octanol–water partition coefficient (Wildman–Crippen LogP) is 0.783. The number of hydrogen-bond acceptors (Lipinski definition) is 6. The number of hydrogen-bond donors (Lipinski definition) is 1. The number of fused-ring (bicyclic) bond motifs is 2. The SMILES string of the molecule is Cc1cc(C(=O)Nc2cnc3c(c2)c(=O)n(C)c(=O)n3C)c2c(C)nn(C)c2n1. The second-order valence-electron chi connectivity index (χ2n) is 6.97. The lowest BCUT2D eigenvalue weighted by Crippen LogP contribution is -2.37. The van der Waals surface area contributed by atoms with E-state index in [-0.39, 0.29) is 16.9 Å². The molecule has 0 fully saturated rings. The van der Waals surface area contributed by atoms with Crippen LogP contribution in [0.4, 0.5) is 5.69 Å². The first-order valence-electron chi connectivity index (χ1n) is 8.87. The molecule has 0 aliphatic rings. The third-order valence-corrected chi connectivity index (χ3v) is 4.89. The van der Waals surface area contributed by atoms with E-state index in [1.807, 2.05) is 6.92 Å². The first-order valence-corrected chi connectivity index (χ1v) is 8.87. The Bertz CT molecular complexity index is 1440. The lowest BCUT2D eigenvalue weighted by Gasteiger charge is -2.10. The maximum absolute atomic E-state index is 13.0.